The fourth-order valence-electron chi connectivity index (χ4n) is 3.50. The normalized spacial score (nSPS) is 11.5. The number of ketones is 1. The molecule has 30 heavy (non-hydrogen) atoms. The van der Waals surface area contributed by atoms with Gasteiger partial charge in [-0.25, -0.2) is 0 Å². The Bertz CT molecular complexity index is 931. The van der Waals surface area contributed by atoms with Crippen molar-refractivity contribution in [2.24, 2.45) is 0 Å². The van der Waals surface area contributed by atoms with Crippen molar-refractivity contribution in [3.05, 3.63) is 58.4 Å². The number of carbonyl (C=O) groups is 3. The molecule has 1 heterocycles. The van der Waals surface area contributed by atoms with Crippen LogP contribution < -0.4 is 5.32 Å². The number of aryl methyl sites for hydroxylation is 1. The molecule has 162 valence electrons. The van der Waals surface area contributed by atoms with Gasteiger partial charge >= 0.3 is 5.97 Å². The number of carbonyl (C=O) groups excluding carboxylic acids is 3. The Labute approximate surface area is 178 Å². The Morgan fingerprint density at radius 3 is 2.17 bits per heavy atom. The molecule has 1 amide bonds. The lowest BCUT2D eigenvalue weighted by molar-refractivity contribution is -0.141. The lowest BCUT2D eigenvalue weighted by Gasteiger charge is -2.19. The fourth-order valence-corrected chi connectivity index (χ4v) is 3.50. The second kappa shape index (κ2) is 9.28. The van der Waals surface area contributed by atoms with Crippen LogP contribution in [0.4, 0.5) is 0 Å². The highest BCUT2D eigenvalue weighted by molar-refractivity contribution is 6.00. The maximum Gasteiger partial charge on any atom is 0.325 e. The van der Waals surface area contributed by atoms with Gasteiger partial charge in [0.15, 0.2) is 6.61 Å². The van der Waals surface area contributed by atoms with E-state index in [0.29, 0.717) is 11.1 Å². The molecule has 2 rings (SSSR count). The number of aromatic nitrogens is 1. The van der Waals surface area contributed by atoms with Crippen LogP contribution in [-0.2, 0) is 14.9 Å². The van der Waals surface area contributed by atoms with Crippen LogP contribution >= 0.6 is 0 Å². The summed E-state index contributed by atoms with van der Waals surface area (Å²) < 4.78 is 7.13. The van der Waals surface area contributed by atoms with Crippen molar-refractivity contribution in [2.45, 2.75) is 59.9 Å². The van der Waals surface area contributed by atoms with Crippen molar-refractivity contribution in [3.8, 4) is 0 Å². The van der Waals surface area contributed by atoms with Gasteiger partial charge in [0, 0.05) is 28.6 Å². The van der Waals surface area contributed by atoms with Gasteiger partial charge in [0.05, 0.1) is 0 Å². The average Bonchev–Trinajstić information content (AvgIpc) is 2.97. The summed E-state index contributed by atoms with van der Waals surface area (Å²) >= 11 is 0. The molecule has 0 saturated carbocycles. The summed E-state index contributed by atoms with van der Waals surface area (Å²) in [5.74, 6) is -1.27. The molecule has 0 bridgehead atoms. The monoisotopic (exact) mass is 412 g/mol. The predicted octanol–water partition coefficient (Wildman–Crippen LogP) is 4.14. The summed E-state index contributed by atoms with van der Waals surface area (Å²) in [4.78, 5) is 36.7. The summed E-state index contributed by atoms with van der Waals surface area (Å²) in [6.07, 6.45) is 0. The topological polar surface area (TPSA) is 77.4 Å². The van der Waals surface area contributed by atoms with Gasteiger partial charge in [-0.15, -0.1) is 0 Å². The molecule has 1 aromatic heterocycles. The van der Waals surface area contributed by atoms with Gasteiger partial charge in [-0.2, -0.15) is 0 Å². The molecule has 6 heteroatoms. The minimum Gasteiger partial charge on any atom is -0.456 e. The Kier molecular flexibility index (Phi) is 7.24. The molecular weight excluding hydrogens is 380 g/mol. The fraction of sp³-hybridized carbons (Fsp3) is 0.458. The van der Waals surface area contributed by atoms with Crippen molar-refractivity contribution >= 4 is 17.7 Å². The average molecular weight is 413 g/mol. The highest BCUT2D eigenvalue weighted by Gasteiger charge is 2.19. The van der Waals surface area contributed by atoms with Crippen LogP contribution in [0.2, 0.25) is 0 Å². The number of hydrogen-bond acceptors (Lipinski definition) is 4. The van der Waals surface area contributed by atoms with E-state index in [4.69, 9.17) is 4.74 Å². The van der Waals surface area contributed by atoms with Crippen molar-refractivity contribution in [3.63, 3.8) is 0 Å². The van der Waals surface area contributed by atoms with Gasteiger partial charge in [0.2, 0.25) is 5.78 Å². The van der Waals surface area contributed by atoms with Crippen molar-refractivity contribution < 1.29 is 19.1 Å². The zero-order valence-electron chi connectivity index (χ0n) is 19.0. The van der Waals surface area contributed by atoms with E-state index >= 15 is 0 Å². The number of amides is 1. The van der Waals surface area contributed by atoms with E-state index in [1.807, 2.05) is 45.9 Å². The van der Waals surface area contributed by atoms with Crippen molar-refractivity contribution in [1.82, 2.24) is 9.88 Å². The second-order valence-electron chi connectivity index (χ2n) is 8.84. The molecule has 2 aromatic rings. The molecule has 0 aliphatic carbocycles. The highest BCUT2D eigenvalue weighted by Crippen LogP contribution is 2.22. The predicted molar refractivity (Wildman–Crippen MR) is 117 cm³/mol. The molecule has 0 fully saturated rings. The Morgan fingerprint density at radius 1 is 1.07 bits per heavy atom. The quantitative estimate of drug-likeness (QED) is 0.548. The molecule has 0 spiro atoms. The lowest BCUT2D eigenvalue weighted by atomic mass is 9.87. The summed E-state index contributed by atoms with van der Waals surface area (Å²) in [5.41, 5.74) is 3.98. The molecule has 0 aliphatic rings. The number of hydrogen-bond donors (Lipinski definition) is 1. The molecule has 0 aliphatic heterocycles. The zero-order valence-corrected chi connectivity index (χ0v) is 19.0. The van der Waals surface area contributed by atoms with Crippen LogP contribution in [0.25, 0.3) is 0 Å². The first kappa shape index (κ1) is 23.4. The first-order valence-electron chi connectivity index (χ1n) is 10.2. The first-order valence-corrected chi connectivity index (χ1v) is 10.2. The Balaban J connectivity index is 1.87. The van der Waals surface area contributed by atoms with Gasteiger partial charge in [-0.1, -0.05) is 32.9 Å². The zero-order chi connectivity index (χ0) is 22.6. The van der Waals surface area contributed by atoms with Crippen molar-refractivity contribution in [1.29, 1.82) is 0 Å². The largest absolute Gasteiger partial charge is 0.456 e. The minimum absolute atomic E-state index is 0.00160. The Hall–Kier alpha value is -2.89. The highest BCUT2D eigenvalue weighted by atomic mass is 16.5. The maximum absolute atomic E-state index is 12.5. The van der Waals surface area contributed by atoms with E-state index in [0.717, 1.165) is 17.0 Å². The van der Waals surface area contributed by atoms with Gasteiger partial charge in [0.25, 0.3) is 5.91 Å². The second-order valence-corrected chi connectivity index (χ2v) is 8.84. The van der Waals surface area contributed by atoms with Gasteiger partial charge in [-0.3, -0.25) is 14.4 Å². The van der Waals surface area contributed by atoms with E-state index in [9.17, 15) is 14.4 Å². The van der Waals surface area contributed by atoms with Gasteiger partial charge in [-0.05, 0) is 56.9 Å². The summed E-state index contributed by atoms with van der Waals surface area (Å²) in [6.45, 7) is 13.6. The summed E-state index contributed by atoms with van der Waals surface area (Å²) in [5, 5.41) is 2.53. The molecule has 0 radical (unpaired) electrons. The number of nitrogens with one attached hydrogen (secondary N) is 1. The molecule has 0 unspecified atom stereocenters. The number of esters is 1. The van der Waals surface area contributed by atoms with Crippen LogP contribution in [0.5, 0.6) is 0 Å². The van der Waals surface area contributed by atoms with Crippen LogP contribution in [0.15, 0.2) is 30.3 Å². The lowest BCUT2D eigenvalue weighted by Crippen LogP contribution is -2.31. The van der Waals surface area contributed by atoms with Crippen molar-refractivity contribution in [2.75, 3.05) is 13.2 Å². The number of nitrogens with zero attached hydrogens (tertiary/aromatic N) is 1. The Morgan fingerprint density at radius 2 is 1.67 bits per heavy atom. The van der Waals surface area contributed by atoms with Crippen LogP contribution in [0.3, 0.4) is 0 Å². The third-order valence-corrected chi connectivity index (χ3v) is 5.07. The van der Waals surface area contributed by atoms with Gasteiger partial charge < -0.3 is 14.6 Å². The van der Waals surface area contributed by atoms with E-state index in [-0.39, 0.29) is 36.3 Å². The first-order chi connectivity index (χ1) is 13.9. The molecule has 1 N–H and O–H groups in total. The molecule has 0 atom stereocenters. The standard InChI is InChI=1S/C24H32N2O4/c1-15(2)26-16(3)12-20(17(26)4)21(27)14-30-22(28)13-25-23(29)18-8-10-19(11-9-18)24(5,6)7/h8-12,15H,13-14H2,1-7H3,(H,25,29). The minimum atomic E-state index is -0.652. The molecule has 1 aromatic carbocycles. The van der Waals surface area contributed by atoms with E-state index < -0.39 is 5.97 Å². The summed E-state index contributed by atoms with van der Waals surface area (Å²) in [7, 11) is 0. The maximum atomic E-state index is 12.5. The molecule has 6 nitrogen and oxygen atoms in total. The van der Waals surface area contributed by atoms with Gasteiger partial charge in [0.1, 0.15) is 6.54 Å². The van der Waals surface area contributed by atoms with Crippen LogP contribution in [-0.4, -0.2) is 35.4 Å². The number of Topliss-reactive ketones (excluding diaryl/α,β-unsaturated/α-hetero) is 1. The number of benzene rings is 1. The van der Waals surface area contributed by atoms with E-state index in [1.54, 1.807) is 12.1 Å². The third kappa shape index (κ3) is 5.59. The van der Waals surface area contributed by atoms with E-state index in [1.165, 1.54) is 0 Å². The smallest absolute Gasteiger partial charge is 0.325 e. The van der Waals surface area contributed by atoms with Crippen LogP contribution in [0.1, 0.15) is 78.3 Å². The third-order valence-electron chi connectivity index (χ3n) is 5.07. The number of ether oxygens (including phenoxy) is 1. The van der Waals surface area contributed by atoms with E-state index in [2.05, 4.69) is 30.7 Å². The SMILES string of the molecule is Cc1cc(C(=O)COC(=O)CNC(=O)c2ccc(C(C)(C)C)cc2)c(C)n1C(C)C. The number of rotatable bonds is 7. The summed E-state index contributed by atoms with van der Waals surface area (Å²) in [6, 6.07) is 9.32. The molecular formula is C24H32N2O4. The van der Waals surface area contributed by atoms with Crippen LogP contribution in [0, 0.1) is 13.8 Å². The molecule has 0 saturated heterocycles.